The molecule has 0 aliphatic heterocycles. The fourth-order valence-corrected chi connectivity index (χ4v) is 2.21. The Balaban J connectivity index is 2.35. The second-order valence-electron chi connectivity index (χ2n) is 4.26. The molecule has 0 heterocycles. The van der Waals surface area contributed by atoms with E-state index >= 15 is 0 Å². The van der Waals surface area contributed by atoms with Crippen LogP contribution in [0.25, 0.3) is 0 Å². The van der Waals surface area contributed by atoms with Crippen LogP contribution in [0, 0.1) is 0 Å². The van der Waals surface area contributed by atoms with Crippen molar-refractivity contribution >= 4 is 0 Å². The van der Waals surface area contributed by atoms with Crippen molar-refractivity contribution in [2.24, 2.45) is 0 Å². The third-order valence-corrected chi connectivity index (χ3v) is 3.31. The van der Waals surface area contributed by atoms with Gasteiger partial charge in [-0.15, -0.1) is 0 Å². The molecule has 82 valence electrons. The van der Waals surface area contributed by atoms with Gasteiger partial charge in [-0.05, 0) is 32.8 Å². The fraction of sp³-hybridized carbons (Fsp3) is 0.538. The Morgan fingerprint density at radius 2 is 2.07 bits per heavy atom. The summed E-state index contributed by atoms with van der Waals surface area (Å²) < 4.78 is 5.60. The first-order chi connectivity index (χ1) is 7.20. The lowest BCUT2D eigenvalue weighted by Gasteiger charge is -2.21. The molecule has 2 heteroatoms. The van der Waals surface area contributed by atoms with E-state index < -0.39 is 0 Å². The first-order valence-electron chi connectivity index (χ1n) is 5.61. The lowest BCUT2D eigenvalue weighted by molar-refractivity contribution is 0.148. The van der Waals surface area contributed by atoms with Crippen LogP contribution in [0.5, 0.6) is 5.75 Å². The lowest BCUT2D eigenvalue weighted by Crippen LogP contribution is -2.23. The van der Waals surface area contributed by atoms with Gasteiger partial charge in [-0.25, -0.2) is 0 Å². The standard InChI is InChI=1S/C13H18O2/c1-3-15-12-7-5-4-6-11(12)13(8-9-13)10(2)14/h4-7,10,14H,3,8-9H2,1-2H3. The molecule has 0 saturated heterocycles. The molecular weight excluding hydrogens is 188 g/mol. The number of hydrogen-bond donors (Lipinski definition) is 1. The molecule has 1 atom stereocenters. The molecule has 0 spiro atoms. The highest BCUT2D eigenvalue weighted by Gasteiger charge is 2.49. The van der Waals surface area contributed by atoms with Crippen molar-refractivity contribution in [3.8, 4) is 5.75 Å². The monoisotopic (exact) mass is 206 g/mol. The zero-order chi connectivity index (χ0) is 10.9. The van der Waals surface area contributed by atoms with E-state index in [1.54, 1.807) is 0 Å². The predicted octanol–water partition coefficient (Wildman–Crippen LogP) is 2.50. The van der Waals surface area contributed by atoms with Gasteiger partial charge in [0.1, 0.15) is 5.75 Å². The molecular formula is C13H18O2. The number of aliphatic hydroxyl groups excluding tert-OH is 1. The summed E-state index contributed by atoms with van der Waals surface area (Å²) in [6.45, 7) is 4.53. The van der Waals surface area contributed by atoms with Crippen LogP contribution in [0.4, 0.5) is 0 Å². The molecule has 1 aromatic rings. The first-order valence-corrected chi connectivity index (χ1v) is 5.61. The lowest BCUT2D eigenvalue weighted by atomic mass is 9.90. The predicted molar refractivity (Wildman–Crippen MR) is 60.2 cm³/mol. The van der Waals surface area contributed by atoms with Gasteiger partial charge >= 0.3 is 0 Å². The Labute approximate surface area is 90.9 Å². The third kappa shape index (κ3) is 1.74. The number of rotatable bonds is 4. The Hall–Kier alpha value is -1.02. The summed E-state index contributed by atoms with van der Waals surface area (Å²) in [5.41, 5.74) is 1.13. The van der Waals surface area contributed by atoms with Crippen LogP contribution in [-0.2, 0) is 5.41 Å². The molecule has 2 nitrogen and oxygen atoms in total. The summed E-state index contributed by atoms with van der Waals surface area (Å²) in [4.78, 5) is 0. The van der Waals surface area contributed by atoms with Crippen LogP contribution in [0.3, 0.4) is 0 Å². The minimum atomic E-state index is -0.292. The Kier molecular flexibility index (Phi) is 2.70. The highest BCUT2D eigenvalue weighted by Crippen LogP contribution is 2.53. The van der Waals surface area contributed by atoms with Gasteiger partial charge in [0.05, 0.1) is 12.7 Å². The highest BCUT2D eigenvalue weighted by molar-refractivity contribution is 5.44. The van der Waals surface area contributed by atoms with E-state index in [0.29, 0.717) is 6.61 Å². The van der Waals surface area contributed by atoms with E-state index in [9.17, 15) is 5.11 Å². The number of hydrogen-bond acceptors (Lipinski definition) is 2. The van der Waals surface area contributed by atoms with E-state index in [1.807, 2.05) is 32.0 Å². The van der Waals surface area contributed by atoms with Crippen LogP contribution in [0.2, 0.25) is 0 Å². The summed E-state index contributed by atoms with van der Waals surface area (Å²) in [5, 5.41) is 9.83. The molecule has 0 amide bonds. The minimum absolute atomic E-state index is 0.0359. The Morgan fingerprint density at radius 1 is 1.40 bits per heavy atom. The average molecular weight is 206 g/mol. The normalized spacial score (nSPS) is 19.7. The Bertz CT molecular complexity index is 340. The van der Waals surface area contributed by atoms with E-state index in [1.165, 1.54) is 5.56 Å². The van der Waals surface area contributed by atoms with Gasteiger partial charge in [-0.3, -0.25) is 0 Å². The molecule has 1 saturated carbocycles. The molecule has 1 N–H and O–H groups in total. The minimum Gasteiger partial charge on any atom is -0.494 e. The molecule has 1 fully saturated rings. The van der Waals surface area contributed by atoms with Crippen LogP contribution in [0.15, 0.2) is 24.3 Å². The second-order valence-corrected chi connectivity index (χ2v) is 4.26. The maximum atomic E-state index is 9.83. The third-order valence-electron chi connectivity index (χ3n) is 3.31. The van der Waals surface area contributed by atoms with E-state index in [-0.39, 0.29) is 11.5 Å². The molecule has 15 heavy (non-hydrogen) atoms. The molecule has 1 aliphatic rings. The van der Waals surface area contributed by atoms with E-state index in [4.69, 9.17) is 4.74 Å². The first kappa shape index (κ1) is 10.5. The summed E-state index contributed by atoms with van der Waals surface area (Å²) >= 11 is 0. The fourth-order valence-electron chi connectivity index (χ4n) is 2.21. The van der Waals surface area contributed by atoms with Crippen molar-refractivity contribution in [2.75, 3.05) is 6.61 Å². The van der Waals surface area contributed by atoms with Gasteiger partial charge in [0, 0.05) is 11.0 Å². The van der Waals surface area contributed by atoms with Crippen LogP contribution < -0.4 is 4.74 Å². The largest absolute Gasteiger partial charge is 0.494 e. The van der Waals surface area contributed by atoms with Crippen molar-refractivity contribution in [2.45, 2.75) is 38.2 Å². The quantitative estimate of drug-likeness (QED) is 0.820. The maximum Gasteiger partial charge on any atom is 0.123 e. The summed E-state index contributed by atoms with van der Waals surface area (Å²) in [6, 6.07) is 8.05. The van der Waals surface area contributed by atoms with Crippen molar-refractivity contribution < 1.29 is 9.84 Å². The summed E-state index contributed by atoms with van der Waals surface area (Å²) in [5.74, 6) is 0.929. The van der Waals surface area contributed by atoms with Crippen LogP contribution in [0.1, 0.15) is 32.3 Å². The Morgan fingerprint density at radius 3 is 2.60 bits per heavy atom. The number of benzene rings is 1. The SMILES string of the molecule is CCOc1ccccc1C1(C(C)O)CC1. The zero-order valence-electron chi connectivity index (χ0n) is 9.36. The van der Waals surface area contributed by atoms with Crippen molar-refractivity contribution in [1.29, 1.82) is 0 Å². The molecule has 1 aromatic carbocycles. The molecule has 0 bridgehead atoms. The smallest absolute Gasteiger partial charge is 0.123 e. The molecule has 1 unspecified atom stereocenters. The molecule has 0 aromatic heterocycles. The zero-order valence-corrected chi connectivity index (χ0v) is 9.36. The molecule has 2 rings (SSSR count). The molecule has 1 aliphatic carbocycles. The van der Waals surface area contributed by atoms with Crippen molar-refractivity contribution in [3.05, 3.63) is 29.8 Å². The topological polar surface area (TPSA) is 29.5 Å². The molecule has 0 radical (unpaired) electrons. The maximum absolute atomic E-state index is 9.83. The number of para-hydroxylation sites is 1. The van der Waals surface area contributed by atoms with Crippen LogP contribution in [-0.4, -0.2) is 17.8 Å². The summed E-state index contributed by atoms with van der Waals surface area (Å²) in [7, 11) is 0. The van der Waals surface area contributed by atoms with Crippen molar-refractivity contribution in [1.82, 2.24) is 0 Å². The van der Waals surface area contributed by atoms with E-state index in [2.05, 4.69) is 6.07 Å². The second kappa shape index (κ2) is 3.86. The van der Waals surface area contributed by atoms with Crippen molar-refractivity contribution in [3.63, 3.8) is 0 Å². The number of aliphatic hydroxyl groups is 1. The van der Waals surface area contributed by atoms with E-state index in [0.717, 1.165) is 18.6 Å². The summed E-state index contributed by atoms with van der Waals surface area (Å²) in [6.07, 6.45) is 1.84. The van der Waals surface area contributed by atoms with Gasteiger partial charge < -0.3 is 9.84 Å². The average Bonchev–Trinajstić information content (AvgIpc) is 3.00. The van der Waals surface area contributed by atoms with Gasteiger partial charge in [0.2, 0.25) is 0 Å². The van der Waals surface area contributed by atoms with Crippen LogP contribution >= 0.6 is 0 Å². The van der Waals surface area contributed by atoms with Gasteiger partial charge in [-0.2, -0.15) is 0 Å². The van der Waals surface area contributed by atoms with Gasteiger partial charge in [0.25, 0.3) is 0 Å². The van der Waals surface area contributed by atoms with Gasteiger partial charge in [-0.1, -0.05) is 18.2 Å². The highest BCUT2D eigenvalue weighted by atomic mass is 16.5. The van der Waals surface area contributed by atoms with Gasteiger partial charge in [0.15, 0.2) is 0 Å². The number of ether oxygens (including phenoxy) is 1.